The van der Waals surface area contributed by atoms with Gasteiger partial charge >= 0.3 is 0 Å². The van der Waals surface area contributed by atoms with Gasteiger partial charge in [0, 0.05) is 75.3 Å². The molecule has 4 nitrogen and oxygen atoms in total. The Hall–Kier alpha value is -3.22. The van der Waals surface area contributed by atoms with Crippen molar-refractivity contribution >= 4 is 57.4 Å². The summed E-state index contributed by atoms with van der Waals surface area (Å²) in [6.07, 6.45) is 17.0. The van der Waals surface area contributed by atoms with Crippen LogP contribution in [0.4, 0.5) is 11.4 Å². The number of nitrogens with zero attached hydrogens (tertiary/aromatic N) is 4. The van der Waals surface area contributed by atoms with E-state index in [0.717, 1.165) is 37.4 Å². The summed E-state index contributed by atoms with van der Waals surface area (Å²) in [6, 6.07) is 23.9. The number of rotatable bonds is 16. The van der Waals surface area contributed by atoms with Crippen molar-refractivity contribution in [3.05, 3.63) is 107 Å². The maximum Gasteiger partial charge on any atom is 0.204 e. The van der Waals surface area contributed by atoms with E-state index in [4.69, 9.17) is 0 Å². The van der Waals surface area contributed by atoms with Crippen molar-refractivity contribution < 1.29 is 4.57 Å². The number of benzene rings is 2. The van der Waals surface area contributed by atoms with E-state index in [2.05, 4.69) is 145 Å². The van der Waals surface area contributed by atoms with Crippen molar-refractivity contribution in [2.75, 3.05) is 55.5 Å². The van der Waals surface area contributed by atoms with Gasteiger partial charge < -0.3 is 14.8 Å². The molecule has 0 aliphatic heterocycles. The molecule has 0 atom stereocenters. The predicted octanol–water partition coefficient (Wildman–Crippen LogP) is 8.08. The molecule has 0 bridgehead atoms. The van der Waals surface area contributed by atoms with E-state index in [-0.39, 0.29) is 0 Å². The van der Waals surface area contributed by atoms with Gasteiger partial charge in [0.25, 0.3) is 0 Å². The highest BCUT2D eigenvalue weighted by atomic mass is 33.1. The highest BCUT2D eigenvalue weighted by Gasteiger charge is 2.04. The highest BCUT2D eigenvalue weighted by molar-refractivity contribution is 8.76. The maximum absolute atomic E-state index is 4.03. The van der Waals surface area contributed by atoms with Crippen LogP contribution in [0.5, 0.6) is 0 Å². The molecule has 41 heavy (non-hydrogen) atoms. The summed E-state index contributed by atoms with van der Waals surface area (Å²) in [4.78, 5) is 8.70. The van der Waals surface area contributed by atoms with Gasteiger partial charge in [0.05, 0.1) is 0 Å². The van der Waals surface area contributed by atoms with Crippen molar-refractivity contribution in [1.82, 2.24) is 0 Å². The summed E-state index contributed by atoms with van der Waals surface area (Å²) in [5, 5.41) is 0. The fourth-order valence-electron chi connectivity index (χ4n) is 4.11. The van der Waals surface area contributed by atoms with Crippen LogP contribution in [0, 0.1) is 0 Å². The zero-order valence-corrected chi connectivity index (χ0v) is 26.9. The van der Waals surface area contributed by atoms with Gasteiger partial charge in [0.15, 0.2) is 6.20 Å². The number of allylic oxidation sites excluding steroid dienone is 3. The van der Waals surface area contributed by atoms with E-state index in [0.29, 0.717) is 0 Å². The lowest BCUT2D eigenvalue weighted by Crippen LogP contribution is -2.30. The lowest BCUT2D eigenvalue weighted by Gasteiger charge is -2.20. The number of hydrogen-bond acceptors (Lipinski definition) is 5. The second-order valence-corrected chi connectivity index (χ2v) is 12.7. The molecule has 0 unspecified atom stereocenters. The second kappa shape index (κ2) is 18.3. The van der Waals surface area contributed by atoms with Crippen molar-refractivity contribution in [2.24, 2.45) is 12.0 Å². The van der Waals surface area contributed by atoms with Crippen LogP contribution in [-0.4, -0.2) is 52.0 Å². The minimum atomic E-state index is 0.999. The smallest absolute Gasteiger partial charge is 0.204 e. The van der Waals surface area contributed by atoms with E-state index >= 15 is 0 Å². The molecule has 0 saturated heterocycles. The second-order valence-electron chi connectivity index (χ2n) is 10.0. The average Bonchev–Trinajstić information content (AvgIpc) is 3.00. The monoisotopic (exact) mass is 585 g/mol. The van der Waals surface area contributed by atoms with E-state index in [1.807, 2.05) is 40.9 Å². The lowest BCUT2D eigenvalue weighted by molar-refractivity contribution is -0.673. The van der Waals surface area contributed by atoms with Crippen LogP contribution in [0.1, 0.15) is 36.6 Å². The Balaban J connectivity index is 1.32. The summed E-state index contributed by atoms with van der Waals surface area (Å²) in [7, 11) is 12.2. The Labute approximate surface area is 256 Å². The summed E-state index contributed by atoms with van der Waals surface area (Å²) >= 11 is 0. The maximum atomic E-state index is 4.03. The first-order valence-corrected chi connectivity index (χ1v) is 16.7. The zero-order valence-electron chi connectivity index (χ0n) is 25.2. The van der Waals surface area contributed by atoms with Crippen molar-refractivity contribution in [3.63, 3.8) is 0 Å². The predicted molar refractivity (Wildman–Crippen MR) is 187 cm³/mol. The summed E-state index contributed by atoms with van der Waals surface area (Å²) in [5.41, 5.74) is 7.42. The van der Waals surface area contributed by atoms with Gasteiger partial charge in [-0.25, -0.2) is 4.57 Å². The Morgan fingerprint density at radius 1 is 0.780 bits per heavy atom. The number of unbranched alkanes of at least 4 members (excludes halogenated alkanes) is 1. The Kier molecular flexibility index (Phi) is 14.4. The largest absolute Gasteiger partial charge is 0.374 e. The van der Waals surface area contributed by atoms with Crippen LogP contribution in [0.15, 0.2) is 95.6 Å². The molecule has 3 aromatic rings. The SMILES string of the molecule is C/N=C/CC/C=C(C)/C=C/c1ccc(N(C)CCSSCCN(C)c2ccc(/C=C/c3cccc[n+]3C)cc2)cc1. The summed E-state index contributed by atoms with van der Waals surface area (Å²) in [5.74, 6) is 2.19. The lowest BCUT2D eigenvalue weighted by atomic mass is 10.1. The Morgan fingerprint density at radius 2 is 1.37 bits per heavy atom. The third-order valence-electron chi connectivity index (χ3n) is 6.80. The number of aryl methyl sites for hydroxylation is 1. The standard InChI is InChI=1S/C35H45N4S2/c1-30(10-6-8-24-36-2)12-13-31-15-20-34(21-16-31)38(4)26-28-40-41-29-27-39(5)35-22-17-32(18-23-35)14-19-33-11-7-9-25-37(33)3/h7,9-25H,6,8,26-29H2,1-5H3/q+1/b13-12+,30-10+,36-24+. The molecule has 0 aliphatic rings. The topological polar surface area (TPSA) is 22.7 Å². The fraction of sp³-hybridized carbons (Fsp3) is 0.314. The normalized spacial score (nSPS) is 12.2. The molecule has 216 valence electrons. The van der Waals surface area contributed by atoms with Crippen LogP contribution < -0.4 is 14.4 Å². The number of anilines is 2. The van der Waals surface area contributed by atoms with Gasteiger partial charge in [0.2, 0.25) is 5.69 Å². The van der Waals surface area contributed by atoms with Gasteiger partial charge in [-0.15, -0.1) is 0 Å². The molecule has 2 aromatic carbocycles. The van der Waals surface area contributed by atoms with E-state index in [1.165, 1.54) is 33.8 Å². The molecule has 0 aliphatic carbocycles. The third-order valence-corrected chi connectivity index (χ3v) is 9.16. The highest BCUT2D eigenvalue weighted by Crippen LogP contribution is 2.24. The van der Waals surface area contributed by atoms with Gasteiger partial charge in [-0.05, 0) is 73.5 Å². The van der Waals surface area contributed by atoms with Crippen LogP contribution >= 0.6 is 21.6 Å². The molecule has 1 heterocycles. The van der Waals surface area contributed by atoms with E-state index in [9.17, 15) is 0 Å². The average molecular weight is 586 g/mol. The Morgan fingerprint density at radius 3 is 1.93 bits per heavy atom. The molecule has 0 fully saturated rings. The van der Waals surface area contributed by atoms with E-state index in [1.54, 1.807) is 0 Å². The first-order chi connectivity index (χ1) is 20.0. The molecule has 1 aromatic heterocycles. The number of aromatic nitrogens is 1. The van der Waals surface area contributed by atoms with Crippen molar-refractivity contribution in [2.45, 2.75) is 19.8 Å². The number of aliphatic imine (C=N–C) groups is 1. The van der Waals surface area contributed by atoms with Gasteiger partial charge in [-0.1, -0.05) is 69.7 Å². The minimum Gasteiger partial charge on any atom is -0.374 e. The summed E-state index contributed by atoms with van der Waals surface area (Å²) < 4.78 is 2.12. The van der Waals surface area contributed by atoms with Crippen LogP contribution in [-0.2, 0) is 7.05 Å². The Bertz CT molecular complexity index is 1290. The molecule has 6 heteroatoms. The van der Waals surface area contributed by atoms with Gasteiger partial charge in [-0.3, -0.25) is 0 Å². The molecule has 0 saturated carbocycles. The van der Waals surface area contributed by atoms with Crippen molar-refractivity contribution in [3.8, 4) is 0 Å². The van der Waals surface area contributed by atoms with Gasteiger partial charge in [-0.2, -0.15) is 0 Å². The van der Waals surface area contributed by atoms with Crippen molar-refractivity contribution in [1.29, 1.82) is 0 Å². The molecular formula is C35H45N4S2+. The molecule has 3 rings (SSSR count). The van der Waals surface area contributed by atoms with E-state index < -0.39 is 0 Å². The minimum absolute atomic E-state index is 0.999. The number of pyridine rings is 1. The molecule has 0 amide bonds. The number of hydrogen-bond donors (Lipinski definition) is 0. The van der Waals surface area contributed by atoms with Crippen LogP contribution in [0.3, 0.4) is 0 Å². The molecule has 0 N–H and O–H groups in total. The van der Waals surface area contributed by atoms with Gasteiger partial charge in [0.1, 0.15) is 7.05 Å². The third kappa shape index (κ3) is 12.0. The van der Waals surface area contributed by atoms with Crippen LogP contribution in [0.2, 0.25) is 0 Å². The fourth-order valence-corrected chi connectivity index (χ4v) is 6.19. The summed E-state index contributed by atoms with van der Waals surface area (Å²) in [6.45, 7) is 4.21. The molecular weight excluding hydrogens is 541 g/mol. The molecule has 0 spiro atoms. The quantitative estimate of drug-likeness (QED) is 0.0557. The first-order valence-electron chi connectivity index (χ1n) is 14.2. The first kappa shape index (κ1) is 32.3. The molecule has 0 radical (unpaired) electrons. The zero-order chi connectivity index (χ0) is 29.3. The van der Waals surface area contributed by atoms with Crippen LogP contribution in [0.25, 0.3) is 18.2 Å².